The van der Waals surface area contributed by atoms with Gasteiger partial charge in [-0.15, -0.1) is 0 Å². The van der Waals surface area contributed by atoms with Crippen molar-refractivity contribution in [3.8, 4) is 39.1 Å². The first kappa shape index (κ1) is 14.6. The van der Waals surface area contributed by atoms with Crippen LogP contribution in [0.3, 0.4) is 0 Å². The monoisotopic (exact) mass is 342 g/mol. The molecule has 1 aliphatic rings. The van der Waals surface area contributed by atoms with Gasteiger partial charge >= 0.3 is 0 Å². The minimum Gasteiger partial charge on any atom is -0.496 e. The van der Waals surface area contributed by atoms with E-state index < -0.39 is 0 Å². The Morgan fingerprint density at radius 1 is 0.640 bits per heavy atom. The van der Waals surface area contributed by atoms with E-state index in [2.05, 4.69) is 54.6 Å². The van der Waals surface area contributed by atoms with Gasteiger partial charge in [0.15, 0.2) is 0 Å². The smallest absolute Gasteiger partial charge is 0.128 e. The van der Waals surface area contributed by atoms with E-state index in [1.807, 2.05) is 18.2 Å². The zero-order valence-corrected chi connectivity index (χ0v) is 14.5. The lowest BCUT2D eigenvalue weighted by Gasteiger charge is -2.13. The van der Waals surface area contributed by atoms with E-state index in [-0.39, 0.29) is 0 Å². The molecule has 0 heterocycles. The molecule has 1 nitrogen and oxygen atoms in total. The maximum Gasteiger partial charge on any atom is 0.128 e. The summed E-state index contributed by atoms with van der Waals surface area (Å²) in [6.45, 7) is 0. The fourth-order valence-corrected chi connectivity index (χ4v) is 4.09. The number of benzene rings is 4. The fraction of sp³-hybridized carbons (Fsp3) is 0.0435. The van der Waals surface area contributed by atoms with Crippen LogP contribution >= 0.6 is 11.6 Å². The largest absolute Gasteiger partial charge is 0.496 e. The third kappa shape index (κ3) is 2.03. The molecular formula is C23H15ClO. The van der Waals surface area contributed by atoms with Crippen molar-refractivity contribution < 1.29 is 4.74 Å². The van der Waals surface area contributed by atoms with E-state index in [9.17, 15) is 0 Å². The zero-order valence-electron chi connectivity index (χ0n) is 13.7. The summed E-state index contributed by atoms with van der Waals surface area (Å²) >= 11 is 6.14. The van der Waals surface area contributed by atoms with Gasteiger partial charge in [-0.05, 0) is 56.8 Å². The van der Waals surface area contributed by atoms with Gasteiger partial charge in [-0.1, -0.05) is 66.2 Å². The van der Waals surface area contributed by atoms with Crippen molar-refractivity contribution in [3.05, 3.63) is 77.8 Å². The highest BCUT2D eigenvalue weighted by Gasteiger charge is 2.22. The van der Waals surface area contributed by atoms with Crippen LogP contribution in [0, 0.1) is 0 Å². The number of ether oxygens (including phenoxy) is 1. The van der Waals surface area contributed by atoms with Crippen LogP contribution < -0.4 is 4.74 Å². The summed E-state index contributed by atoms with van der Waals surface area (Å²) in [5.41, 5.74) is 7.45. The summed E-state index contributed by atoms with van der Waals surface area (Å²) in [5.74, 6) is 0.795. The second-order valence-corrected chi connectivity index (χ2v) is 6.72. The number of fused-ring (bicyclic) bond motifs is 3. The molecule has 0 atom stereocenters. The van der Waals surface area contributed by atoms with Gasteiger partial charge in [0.2, 0.25) is 0 Å². The molecule has 25 heavy (non-hydrogen) atoms. The Kier molecular flexibility index (Phi) is 3.13. The first-order valence-corrected chi connectivity index (χ1v) is 8.65. The molecule has 0 fully saturated rings. The minimum atomic E-state index is 0.680. The third-order valence-corrected chi connectivity index (χ3v) is 5.24. The van der Waals surface area contributed by atoms with Gasteiger partial charge in [0.1, 0.15) is 5.75 Å². The van der Waals surface area contributed by atoms with Gasteiger partial charge in [-0.3, -0.25) is 0 Å². The van der Waals surface area contributed by atoms with Crippen molar-refractivity contribution >= 4 is 22.4 Å². The highest BCUT2D eigenvalue weighted by atomic mass is 35.5. The number of hydrogen-bond acceptors (Lipinski definition) is 1. The van der Waals surface area contributed by atoms with Crippen LogP contribution in [-0.4, -0.2) is 7.11 Å². The standard InChI is InChI=1S/C23H15ClO/c1-25-22-13-14(24)9-10-18(22)17-11-12-21-16-6-3-2-5-15(16)19-7-4-8-20(17)23(19)21/h2-13H,1H3. The average molecular weight is 343 g/mol. The van der Waals surface area contributed by atoms with E-state index >= 15 is 0 Å². The number of halogens is 1. The fourth-order valence-electron chi connectivity index (χ4n) is 3.93. The Bertz CT molecular complexity index is 1110. The molecule has 2 heteroatoms. The average Bonchev–Trinajstić information content (AvgIpc) is 2.98. The van der Waals surface area contributed by atoms with Gasteiger partial charge in [0.05, 0.1) is 7.11 Å². The topological polar surface area (TPSA) is 9.23 Å². The van der Waals surface area contributed by atoms with Crippen molar-refractivity contribution in [3.63, 3.8) is 0 Å². The molecule has 0 unspecified atom stereocenters. The van der Waals surface area contributed by atoms with Gasteiger partial charge < -0.3 is 4.74 Å². The molecule has 0 aromatic heterocycles. The summed E-state index contributed by atoms with van der Waals surface area (Å²) in [5, 5.41) is 3.24. The van der Waals surface area contributed by atoms with Crippen molar-refractivity contribution in [2.75, 3.05) is 7.11 Å². The molecule has 0 radical (unpaired) electrons. The number of hydrogen-bond donors (Lipinski definition) is 0. The van der Waals surface area contributed by atoms with Crippen molar-refractivity contribution in [1.29, 1.82) is 0 Å². The van der Waals surface area contributed by atoms with Gasteiger partial charge in [-0.25, -0.2) is 0 Å². The molecule has 0 bridgehead atoms. The van der Waals surface area contributed by atoms with Gasteiger partial charge in [0, 0.05) is 10.6 Å². The molecule has 0 aliphatic heterocycles. The van der Waals surface area contributed by atoms with Crippen molar-refractivity contribution in [2.45, 2.75) is 0 Å². The molecule has 0 spiro atoms. The quantitative estimate of drug-likeness (QED) is 0.342. The lowest BCUT2D eigenvalue weighted by molar-refractivity contribution is 0.416. The molecule has 5 rings (SSSR count). The number of rotatable bonds is 2. The van der Waals surface area contributed by atoms with Crippen LogP contribution in [0.25, 0.3) is 44.2 Å². The van der Waals surface area contributed by atoms with Crippen LogP contribution in [-0.2, 0) is 0 Å². The van der Waals surface area contributed by atoms with Crippen molar-refractivity contribution in [1.82, 2.24) is 0 Å². The predicted molar refractivity (Wildman–Crippen MR) is 105 cm³/mol. The van der Waals surface area contributed by atoms with E-state index in [0.29, 0.717) is 5.02 Å². The van der Waals surface area contributed by atoms with Crippen LogP contribution in [0.1, 0.15) is 0 Å². The highest BCUT2D eigenvalue weighted by Crippen LogP contribution is 2.49. The first-order valence-electron chi connectivity index (χ1n) is 8.27. The van der Waals surface area contributed by atoms with Crippen LogP contribution in [0.4, 0.5) is 0 Å². The molecule has 0 amide bonds. The molecule has 0 N–H and O–H groups in total. The summed E-state index contributed by atoms with van der Waals surface area (Å²) in [4.78, 5) is 0. The second-order valence-electron chi connectivity index (χ2n) is 6.28. The van der Waals surface area contributed by atoms with Gasteiger partial charge in [0.25, 0.3) is 0 Å². The predicted octanol–water partition coefficient (Wildman–Crippen LogP) is 6.82. The van der Waals surface area contributed by atoms with E-state index in [1.165, 1.54) is 38.6 Å². The Balaban J connectivity index is 1.86. The normalized spacial score (nSPS) is 11.6. The van der Waals surface area contributed by atoms with Crippen LogP contribution in [0.15, 0.2) is 72.8 Å². The SMILES string of the molecule is COc1cc(Cl)ccc1-c1ccc2c3c(cccc13)-c1ccccc1-2. The summed E-state index contributed by atoms with van der Waals surface area (Å²) in [6.07, 6.45) is 0. The molecule has 120 valence electrons. The van der Waals surface area contributed by atoms with E-state index in [0.717, 1.165) is 11.3 Å². The van der Waals surface area contributed by atoms with Crippen molar-refractivity contribution in [2.24, 2.45) is 0 Å². The lowest BCUT2D eigenvalue weighted by Crippen LogP contribution is -1.89. The van der Waals surface area contributed by atoms with Crippen LogP contribution in [0.5, 0.6) is 5.75 Å². The Morgan fingerprint density at radius 2 is 1.28 bits per heavy atom. The minimum absolute atomic E-state index is 0.680. The number of methoxy groups -OCH3 is 1. The van der Waals surface area contributed by atoms with Gasteiger partial charge in [-0.2, -0.15) is 0 Å². The third-order valence-electron chi connectivity index (χ3n) is 5.00. The molecular weight excluding hydrogens is 328 g/mol. The molecule has 4 aromatic rings. The Morgan fingerprint density at radius 3 is 2.04 bits per heavy atom. The second kappa shape index (κ2) is 5.37. The zero-order chi connectivity index (χ0) is 17.0. The van der Waals surface area contributed by atoms with E-state index in [4.69, 9.17) is 16.3 Å². The Hall–Kier alpha value is -2.77. The summed E-state index contributed by atoms with van der Waals surface area (Å²) in [6, 6.07) is 25.4. The molecule has 4 aromatic carbocycles. The molecule has 0 saturated carbocycles. The summed E-state index contributed by atoms with van der Waals surface area (Å²) in [7, 11) is 1.69. The Labute approximate surface area is 151 Å². The lowest BCUT2D eigenvalue weighted by atomic mass is 9.94. The van der Waals surface area contributed by atoms with Crippen LogP contribution in [0.2, 0.25) is 5.02 Å². The first-order chi connectivity index (χ1) is 12.3. The maximum absolute atomic E-state index is 6.14. The van der Waals surface area contributed by atoms with E-state index in [1.54, 1.807) is 7.11 Å². The highest BCUT2D eigenvalue weighted by molar-refractivity contribution is 6.31. The molecule has 0 saturated heterocycles. The molecule has 1 aliphatic carbocycles. The summed E-state index contributed by atoms with van der Waals surface area (Å²) < 4.78 is 5.58. The maximum atomic E-state index is 6.14.